The lowest BCUT2D eigenvalue weighted by Crippen LogP contribution is -2.42. The van der Waals surface area contributed by atoms with Gasteiger partial charge < -0.3 is 20.3 Å². The van der Waals surface area contributed by atoms with Gasteiger partial charge in [-0.2, -0.15) is 0 Å². The summed E-state index contributed by atoms with van der Waals surface area (Å²) in [6, 6.07) is 11.4. The molecule has 2 aromatic rings. The lowest BCUT2D eigenvalue weighted by Gasteiger charge is -2.31. The second-order valence-corrected chi connectivity index (χ2v) is 6.86. The average molecular weight is 382 g/mol. The molecule has 1 fully saturated rings. The molecule has 1 aromatic carbocycles. The van der Waals surface area contributed by atoms with Crippen molar-refractivity contribution in [3.63, 3.8) is 0 Å². The summed E-state index contributed by atoms with van der Waals surface area (Å²) in [4.78, 5) is 30.1. The van der Waals surface area contributed by atoms with Gasteiger partial charge in [0.2, 0.25) is 0 Å². The third-order valence-electron chi connectivity index (χ3n) is 4.71. The number of aromatic nitrogens is 1. The first kappa shape index (κ1) is 19.7. The summed E-state index contributed by atoms with van der Waals surface area (Å²) in [5.74, 6) is 0.594. The number of benzene rings is 1. The Labute approximate surface area is 165 Å². The van der Waals surface area contributed by atoms with Gasteiger partial charge in [0.15, 0.2) is 0 Å². The molecule has 1 aromatic heterocycles. The highest BCUT2D eigenvalue weighted by Crippen LogP contribution is 2.17. The van der Waals surface area contributed by atoms with Crippen LogP contribution in [0.15, 0.2) is 42.6 Å². The van der Waals surface area contributed by atoms with Gasteiger partial charge in [-0.05, 0) is 51.0 Å². The number of nitrogens with zero attached hydrogens (tertiary/aromatic N) is 2. The third kappa shape index (κ3) is 5.22. The molecule has 2 amide bonds. The Hall–Kier alpha value is -3.09. The number of aryl methyl sites for hydroxylation is 1. The van der Waals surface area contributed by atoms with E-state index >= 15 is 0 Å². The SMILES string of the molecule is CCOC(=O)N1CCC(Nc2ccc(NC(=O)c3ccc(C)cc3)cn2)CC1. The summed E-state index contributed by atoms with van der Waals surface area (Å²) in [6.45, 7) is 5.53. The number of amides is 2. The van der Waals surface area contributed by atoms with E-state index in [1.807, 2.05) is 38.1 Å². The first-order chi connectivity index (χ1) is 13.5. The van der Waals surface area contributed by atoms with Gasteiger partial charge in [0, 0.05) is 24.7 Å². The summed E-state index contributed by atoms with van der Waals surface area (Å²) in [5.41, 5.74) is 2.37. The monoisotopic (exact) mass is 382 g/mol. The van der Waals surface area contributed by atoms with E-state index in [1.165, 1.54) is 0 Å². The predicted octanol–water partition coefficient (Wildman–Crippen LogP) is 3.68. The molecule has 2 N–H and O–H groups in total. The van der Waals surface area contributed by atoms with Crippen LogP contribution in [0.1, 0.15) is 35.7 Å². The van der Waals surface area contributed by atoms with Crippen LogP contribution >= 0.6 is 0 Å². The van der Waals surface area contributed by atoms with Crippen molar-refractivity contribution in [2.24, 2.45) is 0 Å². The van der Waals surface area contributed by atoms with E-state index in [-0.39, 0.29) is 18.0 Å². The molecular formula is C21H26N4O3. The topological polar surface area (TPSA) is 83.6 Å². The Morgan fingerprint density at radius 2 is 1.86 bits per heavy atom. The number of carbonyl (C=O) groups is 2. The predicted molar refractivity (Wildman–Crippen MR) is 109 cm³/mol. The van der Waals surface area contributed by atoms with Crippen molar-refractivity contribution in [2.45, 2.75) is 32.7 Å². The fourth-order valence-electron chi connectivity index (χ4n) is 3.09. The van der Waals surface area contributed by atoms with Crippen molar-refractivity contribution >= 4 is 23.5 Å². The second-order valence-electron chi connectivity index (χ2n) is 6.86. The number of anilines is 2. The number of nitrogens with one attached hydrogen (secondary N) is 2. The molecule has 0 spiro atoms. The average Bonchev–Trinajstić information content (AvgIpc) is 2.70. The van der Waals surface area contributed by atoms with Gasteiger partial charge in [0.25, 0.3) is 5.91 Å². The zero-order valence-corrected chi connectivity index (χ0v) is 16.3. The smallest absolute Gasteiger partial charge is 0.409 e. The van der Waals surface area contributed by atoms with Gasteiger partial charge in [-0.1, -0.05) is 17.7 Å². The first-order valence-electron chi connectivity index (χ1n) is 9.57. The van der Waals surface area contributed by atoms with E-state index < -0.39 is 0 Å². The van der Waals surface area contributed by atoms with Crippen LogP contribution in [0, 0.1) is 6.92 Å². The van der Waals surface area contributed by atoms with Crippen molar-refractivity contribution < 1.29 is 14.3 Å². The maximum Gasteiger partial charge on any atom is 0.409 e. The van der Waals surface area contributed by atoms with Crippen LogP contribution < -0.4 is 10.6 Å². The Balaban J connectivity index is 1.49. The highest BCUT2D eigenvalue weighted by Gasteiger charge is 2.23. The molecule has 0 bridgehead atoms. The zero-order chi connectivity index (χ0) is 19.9. The standard InChI is InChI=1S/C21H26N4O3/c1-3-28-21(27)25-12-10-17(11-13-25)23-19-9-8-18(14-22-19)24-20(26)16-6-4-15(2)5-7-16/h4-9,14,17H,3,10-13H2,1-2H3,(H,22,23)(H,24,26). The van der Waals surface area contributed by atoms with Crippen LogP contribution in [-0.2, 0) is 4.74 Å². The minimum Gasteiger partial charge on any atom is -0.450 e. The summed E-state index contributed by atoms with van der Waals surface area (Å²) in [5, 5.41) is 6.24. The van der Waals surface area contributed by atoms with Gasteiger partial charge in [-0.3, -0.25) is 4.79 Å². The van der Waals surface area contributed by atoms with Crippen molar-refractivity contribution in [3.05, 3.63) is 53.7 Å². The van der Waals surface area contributed by atoms with Gasteiger partial charge in [0.1, 0.15) is 5.82 Å². The third-order valence-corrected chi connectivity index (χ3v) is 4.71. The normalized spacial score (nSPS) is 14.4. The number of piperidine rings is 1. The van der Waals surface area contributed by atoms with E-state index in [0.29, 0.717) is 30.9 Å². The fourth-order valence-corrected chi connectivity index (χ4v) is 3.09. The molecule has 0 saturated carbocycles. The number of ether oxygens (including phenoxy) is 1. The Morgan fingerprint density at radius 1 is 1.14 bits per heavy atom. The number of carbonyl (C=O) groups excluding carboxylic acids is 2. The molecule has 148 valence electrons. The summed E-state index contributed by atoms with van der Waals surface area (Å²) >= 11 is 0. The minimum absolute atomic E-state index is 0.158. The molecule has 0 radical (unpaired) electrons. The van der Waals surface area contributed by atoms with Crippen LogP contribution in [0.5, 0.6) is 0 Å². The van der Waals surface area contributed by atoms with E-state index in [2.05, 4.69) is 15.6 Å². The maximum absolute atomic E-state index is 12.3. The lowest BCUT2D eigenvalue weighted by atomic mass is 10.1. The molecule has 7 heteroatoms. The first-order valence-corrected chi connectivity index (χ1v) is 9.57. The van der Waals surface area contributed by atoms with E-state index in [0.717, 1.165) is 24.2 Å². The van der Waals surface area contributed by atoms with Crippen molar-refractivity contribution in [1.82, 2.24) is 9.88 Å². The molecule has 28 heavy (non-hydrogen) atoms. The molecule has 2 heterocycles. The van der Waals surface area contributed by atoms with Crippen molar-refractivity contribution in [1.29, 1.82) is 0 Å². The molecule has 1 saturated heterocycles. The lowest BCUT2D eigenvalue weighted by molar-refractivity contribution is 0.0981. The number of rotatable bonds is 5. The largest absolute Gasteiger partial charge is 0.450 e. The van der Waals surface area contributed by atoms with Gasteiger partial charge in [0.05, 0.1) is 18.5 Å². The van der Waals surface area contributed by atoms with Gasteiger partial charge in [-0.15, -0.1) is 0 Å². The minimum atomic E-state index is -0.243. The number of hydrogen-bond donors (Lipinski definition) is 2. The van der Waals surface area contributed by atoms with Gasteiger partial charge >= 0.3 is 6.09 Å². The van der Waals surface area contributed by atoms with E-state index in [4.69, 9.17) is 4.74 Å². The van der Waals surface area contributed by atoms with Gasteiger partial charge in [-0.25, -0.2) is 9.78 Å². The number of hydrogen-bond acceptors (Lipinski definition) is 5. The van der Waals surface area contributed by atoms with E-state index in [1.54, 1.807) is 23.2 Å². The molecule has 0 atom stereocenters. The Bertz CT molecular complexity index is 797. The summed E-state index contributed by atoms with van der Waals surface area (Å²) < 4.78 is 5.04. The highest BCUT2D eigenvalue weighted by atomic mass is 16.6. The van der Waals surface area contributed by atoms with Crippen molar-refractivity contribution in [3.8, 4) is 0 Å². The Morgan fingerprint density at radius 3 is 2.46 bits per heavy atom. The molecule has 0 unspecified atom stereocenters. The number of likely N-dealkylation sites (tertiary alicyclic amines) is 1. The van der Waals surface area contributed by atoms with Crippen LogP contribution in [0.2, 0.25) is 0 Å². The Kier molecular flexibility index (Phi) is 6.47. The highest BCUT2D eigenvalue weighted by molar-refractivity contribution is 6.04. The van der Waals surface area contributed by atoms with Crippen LogP contribution in [-0.4, -0.2) is 47.6 Å². The molecule has 7 nitrogen and oxygen atoms in total. The van der Waals surface area contributed by atoms with E-state index in [9.17, 15) is 9.59 Å². The maximum atomic E-state index is 12.3. The fraction of sp³-hybridized carbons (Fsp3) is 0.381. The summed E-state index contributed by atoms with van der Waals surface area (Å²) in [6.07, 6.45) is 3.08. The van der Waals surface area contributed by atoms with Crippen molar-refractivity contribution in [2.75, 3.05) is 30.3 Å². The van der Waals surface area contributed by atoms with Crippen LogP contribution in [0.3, 0.4) is 0 Å². The molecule has 1 aliphatic rings. The molecule has 3 rings (SSSR count). The molecular weight excluding hydrogens is 356 g/mol. The van der Waals surface area contributed by atoms with Crippen LogP contribution in [0.25, 0.3) is 0 Å². The number of pyridine rings is 1. The second kappa shape index (κ2) is 9.21. The zero-order valence-electron chi connectivity index (χ0n) is 16.3. The molecule has 0 aliphatic carbocycles. The quantitative estimate of drug-likeness (QED) is 0.824. The summed E-state index contributed by atoms with van der Waals surface area (Å²) in [7, 11) is 0. The molecule has 1 aliphatic heterocycles. The van der Waals surface area contributed by atoms with Crippen LogP contribution in [0.4, 0.5) is 16.3 Å².